The van der Waals surface area contributed by atoms with Crippen LogP contribution in [0.3, 0.4) is 0 Å². The van der Waals surface area contributed by atoms with Crippen molar-refractivity contribution >= 4 is 15.5 Å². The van der Waals surface area contributed by atoms with Crippen LogP contribution in [0.15, 0.2) is 90.2 Å². The summed E-state index contributed by atoms with van der Waals surface area (Å²) in [7, 11) is -3.77. The molecule has 6 nitrogen and oxygen atoms in total. The summed E-state index contributed by atoms with van der Waals surface area (Å²) in [5, 5.41) is 5.20. The Bertz CT molecular complexity index is 1610. The maximum atomic E-state index is 13.8. The Morgan fingerprint density at radius 1 is 0.909 bits per heavy atom. The standard InChI is InChI=1S/C25H19FN4O2S/c1-16-13-18(7-11-23(16)26)24-22(3-2-12-28-24)19-4-8-20-14-29-25(30(20)15-19)17-5-9-21(10-6-17)33(27,31)32/h2-15H,1H3,(H2,27,31,32). The molecular formula is C25H19FN4O2S. The lowest BCUT2D eigenvalue weighted by atomic mass is 9.99. The van der Waals surface area contributed by atoms with E-state index in [1.54, 1.807) is 43.6 Å². The van der Waals surface area contributed by atoms with Gasteiger partial charge in [0.15, 0.2) is 0 Å². The molecular weight excluding hydrogens is 439 g/mol. The lowest BCUT2D eigenvalue weighted by Crippen LogP contribution is -2.11. The van der Waals surface area contributed by atoms with Gasteiger partial charge in [-0.1, -0.05) is 12.1 Å². The number of benzene rings is 2. The molecule has 3 aromatic heterocycles. The molecule has 0 radical (unpaired) electrons. The van der Waals surface area contributed by atoms with Gasteiger partial charge >= 0.3 is 0 Å². The maximum Gasteiger partial charge on any atom is 0.238 e. The molecule has 0 aliphatic rings. The average molecular weight is 459 g/mol. The van der Waals surface area contributed by atoms with E-state index in [0.29, 0.717) is 11.4 Å². The molecule has 0 unspecified atom stereocenters. The number of imidazole rings is 1. The lowest BCUT2D eigenvalue weighted by Gasteiger charge is -2.11. The molecule has 3 heterocycles. The number of rotatable bonds is 4. The Kier molecular flexibility index (Phi) is 5.03. The Labute approximate surface area is 190 Å². The smallest absolute Gasteiger partial charge is 0.238 e. The first-order chi connectivity index (χ1) is 15.8. The second-order valence-electron chi connectivity index (χ2n) is 7.73. The highest BCUT2D eigenvalue weighted by molar-refractivity contribution is 7.89. The van der Waals surface area contributed by atoms with Crippen LogP contribution in [-0.4, -0.2) is 22.8 Å². The summed E-state index contributed by atoms with van der Waals surface area (Å²) in [5.74, 6) is 0.407. The van der Waals surface area contributed by atoms with Gasteiger partial charge in [0.05, 0.1) is 22.3 Å². The van der Waals surface area contributed by atoms with E-state index >= 15 is 0 Å². The number of hydrogen-bond acceptors (Lipinski definition) is 4. The van der Waals surface area contributed by atoms with E-state index in [4.69, 9.17) is 5.14 Å². The number of pyridine rings is 2. The fourth-order valence-electron chi connectivity index (χ4n) is 3.82. The predicted molar refractivity (Wildman–Crippen MR) is 125 cm³/mol. The quantitative estimate of drug-likeness (QED) is 0.418. The van der Waals surface area contributed by atoms with Crippen LogP contribution >= 0.6 is 0 Å². The number of sulfonamides is 1. The first-order valence-corrected chi connectivity index (χ1v) is 11.7. The summed E-state index contributed by atoms with van der Waals surface area (Å²) in [6.45, 7) is 1.73. The van der Waals surface area contributed by atoms with Gasteiger partial charge in [0.2, 0.25) is 10.0 Å². The van der Waals surface area contributed by atoms with E-state index in [9.17, 15) is 12.8 Å². The maximum absolute atomic E-state index is 13.8. The third-order valence-corrected chi connectivity index (χ3v) is 6.45. The topological polar surface area (TPSA) is 90.3 Å². The Balaban J connectivity index is 1.63. The van der Waals surface area contributed by atoms with E-state index in [-0.39, 0.29) is 10.7 Å². The van der Waals surface area contributed by atoms with Crippen molar-refractivity contribution in [3.63, 3.8) is 0 Å². The third kappa shape index (κ3) is 3.90. The van der Waals surface area contributed by atoms with Gasteiger partial charge in [-0.25, -0.2) is 22.9 Å². The molecule has 0 saturated carbocycles. The summed E-state index contributed by atoms with van der Waals surface area (Å²) >= 11 is 0. The molecule has 0 atom stereocenters. The van der Waals surface area contributed by atoms with E-state index in [1.165, 1.54) is 18.2 Å². The zero-order valence-electron chi connectivity index (χ0n) is 17.6. The van der Waals surface area contributed by atoms with Crippen molar-refractivity contribution in [3.05, 3.63) is 96.7 Å². The summed E-state index contributed by atoms with van der Waals surface area (Å²) in [6.07, 6.45) is 5.42. The van der Waals surface area contributed by atoms with Gasteiger partial charge in [0.1, 0.15) is 11.6 Å². The molecule has 164 valence electrons. The van der Waals surface area contributed by atoms with Gasteiger partial charge in [0.25, 0.3) is 0 Å². The van der Waals surface area contributed by atoms with E-state index in [0.717, 1.165) is 33.5 Å². The van der Waals surface area contributed by atoms with E-state index < -0.39 is 10.0 Å². The Morgan fingerprint density at radius 2 is 1.64 bits per heavy atom. The Morgan fingerprint density at radius 3 is 2.36 bits per heavy atom. The van der Waals surface area contributed by atoms with Gasteiger partial charge < -0.3 is 0 Å². The van der Waals surface area contributed by atoms with Crippen molar-refractivity contribution in [1.82, 2.24) is 14.4 Å². The number of aromatic nitrogens is 3. The van der Waals surface area contributed by atoms with Crippen LogP contribution in [0, 0.1) is 12.7 Å². The molecule has 2 N–H and O–H groups in total. The normalized spacial score (nSPS) is 11.7. The minimum absolute atomic E-state index is 0.0439. The van der Waals surface area contributed by atoms with Gasteiger partial charge in [-0.15, -0.1) is 0 Å². The van der Waals surface area contributed by atoms with Crippen molar-refractivity contribution in [2.24, 2.45) is 5.14 Å². The van der Waals surface area contributed by atoms with Crippen molar-refractivity contribution in [3.8, 4) is 33.8 Å². The van der Waals surface area contributed by atoms with Crippen LogP contribution in [0.2, 0.25) is 0 Å². The van der Waals surface area contributed by atoms with Crippen LogP contribution in [0.5, 0.6) is 0 Å². The molecule has 33 heavy (non-hydrogen) atoms. The van der Waals surface area contributed by atoms with E-state index in [2.05, 4.69) is 9.97 Å². The summed E-state index contributed by atoms with van der Waals surface area (Å²) in [4.78, 5) is 9.12. The molecule has 5 aromatic rings. The minimum Gasteiger partial charge on any atom is -0.299 e. The first kappa shape index (κ1) is 21.0. The second kappa shape index (κ2) is 7.91. The number of primary sulfonamides is 1. The van der Waals surface area contributed by atoms with Crippen molar-refractivity contribution in [2.45, 2.75) is 11.8 Å². The molecule has 0 bridgehead atoms. The zero-order valence-corrected chi connectivity index (χ0v) is 18.4. The highest BCUT2D eigenvalue weighted by atomic mass is 32.2. The summed E-state index contributed by atoms with van der Waals surface area (Å²) in [6, 6.07) is 19.0. The van der Waals surface area contributed by atoms with Gasteiger partial charge in [-0.2, -0.15) is 0 Å². The highest BCUT2D eigenvalue weighted by Gasteiger charge is 2.14. The number of hydrogen-bond donors (Lipinski definition) is 1. The monoisotopic (exact) mass is 458 g/mol. The zero-order chi connectivity index (χ0) is 23.2. The fourth-order valence-corrected chi connectivity index (χ4v) is 4.33. The molecule has 0 fully saturated rings. The molecule has 0 amide bonds. The number of nitrogens with two attached hydrogens (primary N) is 1. The number of aryl methyl sites for hydroxylation is 1. The van der Waals surface area contributed by atoms with Crippen molar-refractivity contribution < 1.29 is 12.8 Å². The summed E-state index contributed by atoms with van der Waals surface area (Å²) < 4.78 is 38.9. The number of halogens is 1. The fraction of sp³-hybridized carbons (Fsp3) is 0.0400. The van der Waals surface area contributed by atoms with Crippen LogP contribution in [0.1, 0.15) is 5.56 Å². The largest absolute Gasteiger partial charge is 0.299 e. The Hall–Kier alpha value is -3.88. The minimum atomic E-state index is -3.77. The predicted octanol–water partition coefficient (Wildman–Crippen LogP) is 4.83. The van der Waals surface area contributed by atoms with Crippen molar-refractivity contribution in [2.75, 3.05) is 0 Å². The molecule has 2 aromatic carbocycles. The number of nitrogens with zero attached hydrogens (tertiary/aromatic N) is 3. The van der Waals surface area contributed by atoms with Crippen LogP contribution in [0.4, 0.5) is 4.39 Å². The van der Waals surface area contributed by atoms with Crippen LogP contribution < -0.4 is 5.14 Å². The third-order valence-electron chi connectivity index (χ3n) is 5.52. The van der Waals surface area contributed by atoms with Gasteiger partial charge in [-0.3, -0.25) is 9.38 Å². The van der Waals surface area contributed by atoms with E-state index in [1.807, 2.05) is 34.9 Å². The lowest BCUT2D eigenvalue weighted by molar-refractivity contribution is 0.598. The first-order valence-electron chi connectivity index (χ1n) is 10.1. The second-order valence-corrected chi connectivity index (χ2v) is 9.29. The highest BCUT2D eigenvalue weighted by Crippen LogP contribution is 2.32. The van der Waals surface area contributed by atoms with Gasteiger partial charge in [0, 0.05) is 34.6 Å². The molecule has 0 spiro atoms. The van der Waals surface area contributed by atoms with Crippen LogP contribution in [-0.2, 0) is 10.0 Å². The SMILES string of the molecule is Cc1cc(-c2ncccc2-c2ccc3cnc(-c4ccc(S(N)(=O)=O)cc4)n3c2)ccc1F. The van der Waals surface area contributed by atoms with Gasteiger partial charge in [-0.05, 0) is 67.1 Å². The molecule has 5 rings (SSSR count). The molecule has 0 aliphatic carbocycles. The summed E-state index contributed by atoms with van der Waals surface area (Å²) in [5.41, 5.74) is 5.57. The van der Waals surface area contributed by atoms with Crippen LogP contribution in [0.25, 0.3) is 39.3 Å². The average Bonchev–Trinajstić information content (AvgIpc) is 3.24. The molecule has 0 saturated heterocycles. The number of fused-ring (bicyclic) bond motifs is 1. The molecule has 8 heteroatoms. The molecule has 0 aliphatic heterocycles. The van der Waals surface area contributed by atoms with Crippen molar-refractivity contribution in [1.29, 1.82) is 0 Å².